The number of hydrogen-bond donors (Lipinski definition) is 6. The Labute approximate surface area is 256 Å². The number of aromatic nitrogens is 1. The van der Waals surface area contributed by atoms with E-state index in [1.54, 1.807) is 0 Å². The Morgan fingerprint density at radius 3 is 2.67 bits per heavy atom. The lowest BCUT2D eigenvalue weighted by Crippen LogP contribution is -2.67. The molecule has 13 nitrogen and oxygen atoms in total. The second-order valence-corrected chi connectivity index (χ2v) is 16.2. The maximum atomic E-state index is 11.7. The van der Waals surface area contributed by atoms with Crippen LogP contribution in [0.5, 0.6) is 0 Å². The van der Waals surface area contributed by atoms with E-state index in [1.165, 1.54) is 17.6 Å². The van der Waals surface area contributed by atoms with E-state index in [4.69, 9.17) is 4.74 Å². The number of rotatable bonds is 5. The lowest BCUT2D eigenvalue weighted by atomic mass is 9.85. The predicted molar refractivity (Wildman–Crippen MR) is 165 cm³/mol. The molecule has 6 aliphatic heterocycles. The van der Waals surface area contributed by atoms with Crippen molar-refractivity contribution < 1.29 is 13.2 Å². The Morgan fingerprint density at radius 2 is 1.86 bits per heavy atom. The molecule has 4 bridgehead atoms. The van der Waals surface area contributed by atoms with Crippen molar-refractivity contribution in [3.8, 4) is 0 Å². The first-order chi connectivity index (χ1) is 20.6. The molecule has 14 heteroatoms. The standard InChI is InChI=1S/C29H52N10O3S/c1-18-8-10-42-29-22(13-32-37(29)3)28-30-9-7-25(34-28)33-26-11-24-21(12-31-26)27(35-39(18)24)23-6-5-20(36(23)2)16-38-14-19(15-38)17-43(4,40)41/h5-6,18-19,21-22,24-35H,7-17H2,1-4H3/t18-,21?,22?,24?,25?,26?,27?,28?,29?/m0/s1. The molecule has 43 heavy (non-hydrogen) atoms. The predicted octanol–water partition coefficient (Wildman–Crippen LogP) is -1.31. The molecule has 6 N–H and O–H groups in total. The molecule has 0 radical (unpaired) electrons. The number of sulfone groups is 1. The third kappa shape index (κ3) is 6.30. The van der Waals surface area contributed by atoms with Crippen LogP contribution in [-0.4, -0.2) is 123 Å². The highest BCUT2D eigenvalue weighted by Crippen LogP contribution is 2.39. The minimum Gasteiger partial charge on any atom is -0.361 e. The van der Waals surface area contributed by atoms with Gasteiger partial charge in [0, 0.05) is 88.4 Å². The van der Waals surface area contributed by atoms with Gasteiger partial charge in [-0.25, -0.2) is 23.9 Å². The molecule has 6 fully saturated rings. The quantitative estimate of drug-likeness (QED) is 0.234. The second kappa shape index (κ2) is 12.2. The molecular formula is C29H52N10O3S. The van der Waals surface area contributed by atoms with Gasteiger partial charge in [0.2, 0.25) is 0 Å². The van der Waals surface area contributed by atoms with E-state index in [-0.39, 0.29) is 36.7 Å². The molecule has 1 aromatic heterocycles. The van der Waals surface area contributed by atoms with Crippen molar-refractivity contribution in [3.63, 3.8) is 0 Å². The van der Waals surface area contributed by atoms with Crippen LogP contribution in [0.1, 0.15) is 43.6 Å². The van der Waals surface area contributed by atoms with E-state index in [2.05, 4.69) is 84.8 Å². The van der Waals surface area contributed by atoms with Crippen molar-refractivity contribution in [3.05, 3.63) is 23.5 Å². The summed E-state index contributed by atoms with van der Waals surface area (Å²) < 4.78 is 32.3. The number of nitrogens with one attached hydrogen (secondary N) is 6. The summed E-state index contributed by atoms with van der Waals surface area (Å²) in [7, 11) is 1.36. The van der Waals surface area contributed by atoms with Crippen molar-refractivity contribution in [2.75, 3.05) is 58.4 Å². The highest BCUT2D eigenvalue weighted by Gasteiger charge is 2.49. The van der Waals surface area contributed by atoms with Gasteiger partial charge in [0.25, 0.3) is 0 Å². The summed E-state index contributed by atoms with van der Waals surface area (Å²) in [5.41, 5.74) is 10.1. The maximum absolute atomic E-state index is 11.7. The summed E-state index contributed by atoms with van der Waals surface area (Å²) in [6.45, 7) is 8.45. The van der Waals surface area contributed by atoms with E-state index in [0.717, 1.165) is 65.1 Å². The van der Waals surface area contributed by atoms with Crippen LogP contribution in [0, 0.1) is 17.8 Å². The van der Waals surface area contributed by atoms with E-state index < -0.39 is 9.84 Å². The van der Waals surface area contributed by atoms with Gasteiger partial charge < -0.3 is 19.9 Å². The molecule has 1 aromatic rings. The third-order valence-electron chi connectivity index (χ3n) is 10.8. The highest BCUT2D eigenvalue weighted by molar-refractivity contribution is 7.90. The van der Waals surface area contributed by atoms with Gasteiger partial charge in [0.05, 0.1) is 36.9 Å². The van der Waals surface area contributed by atoms with Crippen LogP contribution in [0.25, 0.3) is 0 Å². The average molecular weight is 621 g/mol. The summed E-state index contributed by atoms with van der Waals surface area (Å²) in [6.07, 6.45) is 5.12. The van der Waals surface area contributed by atoms with Gasteiger partial charge in [-0.15, -0.1) is 0 Å². The molecule has 0 saturated carbocycles. The van der Waals surface area contributed by atoms with Crippen LogP contribution in [0.3, 0.4) is 0 Å². The summed E-state index contributed by atoms with van der Waals surface area (Å²) in [5.74, 6) is 1.32. The van der Waals surface area contributed by atoms with Gasteiger partial charge in [-0.2, -0.15) is 0 Å². The lowest BCUT2D eigenvalue weighted by Gasteiger charge is -2.43. The molecule has 0 aromatic carbocycles. The first-order valence-electron chi connectivity index (χ1n) is 16.3. The molecule has 6 saturated heterocycles. The molecule has 7 rings (SSSR count). The molecule has 7 heterocycles. The lowest BCUT2D eigenvalue weighted by molar-refractivity contribution is -0.0791. The van der Waals surface area contributed by atoms with Crippen LogP contribution in [0.4, 0.5) is 0 Å². The van der Waals surface area contributed by atoms with Gasteiger partial charge in [0.15, 0.2) is 0 Å². The Kier molecular flexibility index (Phi) is 8.66. The van der Waals surface area contributed by atoms with Crippen molar-refractivity contribution in [2.24, 2.45) is 24.8 Å². The van der Waals surface area contributed by atoms with Crippen LogP contribution in [0.2, 0.25) is 0 Å². The summed E-state index contributed by atoms with van der Waals surface area (Å²) in [5, 5.41) is 20.1. The number of ether oxygens (including phenoxy) is 1. The summed E-state index contributed by atoms with van der Waals surface area (Å²) in [6, 6.07) is 5.52. The zero-order valence-electron chi connectivity index (χ0n) is 26.1. The number of fused-ring (bicyclic) bond motifs is 5. The Balaban J connectivity index is 1.06. The Morgan fingerprint density at radius 1 is 1.02 bits per heavy atom. The molecule has 8 unspecified atom stereocenters. The summed E-state index contributed by atoms with van der Waals surface area (Å²) >= 11 is 0. The Bertz CT molecular complexity index is 1240. The molecule has 0 aliphatic carbocycles. The molecule has 0 amide bonds. The fourth-order valence-electron chi connectivity index (χ4n) is 8.54. The van der Waals surface area contributed by atoms with Crippen LogP contribution < -0.4 is 32.1 Å². The molecule has 242 valence electrons. The fourth-order valence-corrected chi connectivity index (χ4v) is 9.61. The van der Waals surface area contributed by atoms with E-state index >= 15 is 0 Å². The number of likely N-dealkylation sites (tertiary alicyclic amines) is 1. The first kappa shape index (κ1) is 30.5. The highest BCUT2D eigenvalue weighted by atomic mass is 32.2. The second-order valence-electron chi connectivity index (χ2n) is 14.0. The third-order valence-corrected chi connectivity index (χ3v) is 11.9. The zero-order chi connectivity index (χ0) is 29.9. The van der Waals surface area contributed by atoms with E-state index in [9.17, 15) is 8.42 Å². The van der Waals surface area contributed by atoms with Crippen molar-refractivity contribution in [1.29, 1.82) is 0 Å². The van der Waals surface area contributed by atoms with Crippen molar-refractivity contribution in [1.82, 2.24) is 51.6 Å². The van der Waals surface area contributed by atoms with Crippen LogP contribution in [0.15, 0.2) is 12.1 Å². The SMILES string of the molecule is C[C@H]1CCOC2C(CNN2C)C2NCCC(NC3CC4C(CN3)C(c3ccc(CN5CC(CS(C)(=O)=O)C5)n3C)NN41)N2. The molecular weight excluding hydrogens is 568 g/mol. The van der Waals surface area contributed by atoms with Gasteiger partial charge in [0.1, 0.15) is 16.1 Å². The van der Waals surface area contributed by atoms with Gasteiger partial charge in [-0.1, -0.05) is 0 Å². The minimum atomic E-state index is -2.92. The topological polar surface area (TPSA) is 130 Å². The molecule has 9 atom stereocenters. The van der Waals surface area contributed by atoms with Crippen LogP contribution >= 0.6 is 0 Å². The number of piperidine rings is 1. The van der Waals surface area contributed by atoms with Gasteiger partial charge >= 0.3 is 0 Å². The Hall–Kier alpha value is -1.17. The largest absolute Gasteiger partial charge is 0.361 e. The van der Waals surface area contributed by atoms with Gasteiger partial charge in [-0.3, -0.25) is 21.0 Å². The molecule has 6 aliphatic rings. The maximum Gasteiger partial charge on any atom is 0.147 e. The van der Waals surface area contributed by atoms with Crippen LogP contribution in [-0.2, 0) is 28.2 Å². The first-order valence-corrected chi connectivity index (χ1v) is 18.3. The van der Waals surface area contributed by atoms with Crippen molar-refractivity contribution >= 4 is 9.84 Å². The monoisotopic (exact) mass is 620 g/mol. The normalized spacial score (nSPS) is 40.2. The van der Waals surface area contributed by atoms with E-state index in [0.29, 0.717) is 29.7 Å². The number of hydrazine groups is 2. The van der Waals surface area contributed by atoms with Crippen molar-refractivity contribution in [2.45, 2.75) is 75.6 Å². The fraction of sp³-hybridized carbons (Fsp3) is 0.862. The summed E-state index contributed by atoms with van der Waals surface area (Å²) in [4.78, 5) is 2.36. The van der Waals surface area contributed by atoms with Gasteiger partial charge in [-0.05, 0) is 50.8 Å². The smallest absolute Gasteiger partial charge is 0.147 e. The molecule has 0 spiro atoms. The number of nitrogens with zero attached hydrogens (tertiary/aromatic N) is 4. The zero-order valence-corrected chi connectivity index (χ0v) is 26.9. The average Bonchev–Trinajstić information content (AvgIpc) is 3.61. The number of hydrogen-bond acceptors (Lipinski definition) is 12. The van der Waals surface area contributed by atoms with E-state index in [1.807, 2.05) is 0 Å². The minimum absolute atomic E-state index is 0.0263.